The van der Waals surface area contributed by atoms with Crippen LogP contribution in [0.15, 0.2) is 48.5 Å². The van der Waals surface area contributed by atoms with Crippen molar-refractivity contribution in [2.24, 2.45) is 11.1 Å². The highest BCUT2D eigenvalue weighted by molar-refractivity contribution is 6.30. The molecule has 0 amide bonds. The van der Waals surface area contributed by atoms with Gasteiger partial charge < -0.3 is 15.2 Å². The predicted molar refractivity (Wildman–Crippen MR) is 129 cm³/mol. The Bertz CT molecular complexity index is 877. The number of nitrogens with zero attached hydrogens (tertiary/aromatic N) is 1. The summed E-state index contributed by atoms with van der Waals surface area (Å²) in [6.07, 6.45) is 3.53. The Kier molecular flexibility index (Phi) is 8.72. The fraction of sp³-hybridized carbons (Fsp3) is 0.500. The van der Waals surface area contributed by atoms with Crippen molar-refractivity contribution in [1.29, 1.82) is 0 Å². The third-order valence-corrected chi connectivity index (χ3v) is 6.69. The molecule has 174 valence electrons. The highest BCUT2D eigenvalue weighted by Gasteiger charge is 2.34. The molecule has 1 aliphatic heterocycles. The van der Waals surface area contributed by atoms with Crippen LogP contribution in [0.25, 0.3) is 11.1 Å². The molecule has 0 bridgehead atoms. The second-order valence-electron chi connectivity index (χ2n) is 9.44. The van der Waals surface area contributed by atoms with E-state index in [4.69, 9.17) is 26.8 Å². The number of rotatable bonds is 10. The number of ether oxygens (including phenoxy) is 2. The van der Waals surface area contributed by atoms with Crippen LogP contribution < -0.4 is 5.73 Å². The van der Waals surface area contributed by atoms with E-state index in [9.17, 15) is 4.79 Å². The molecule has 1 fully saturated rings. The largest absolute Gasteiger partial charge is 0.415 e. The number of benzene rings is 2. The Morgan fingerprint density at radius 3 is 2.44 bits per heavy atom. The molecule has 5 nitrogen and oxygen atoms in total. The lowest BCUT2D eigenvalue weighted by molar-refractivity contribution is -0.948. The summed E-state index contributed by atoms with van der Waals surface area (Å²) in [7, 11) is 0. The van der Waals surface area contributed by atoms with Gasteiger partial charge in [-0.3, -0.25) is 9.28 Å². The highest BCUT2D eigenvalue weighted by atomic mass is 35.5. The van der Waals surface area contributed by atoms with E-state index < -0.39 is 5.41 Å². The van der Waals surface area contributed by atoms with Gasteiger partial charge in [0.15, 0.2) is 0 Å². The van der Waals surface area contributed by atoms with Gasteiger partial charge in [0.2, 0.25) is 6.73 Å². The van der Waals surface area contributed by atoms with Gasteiger partial charge in [-0.25, -0.2) is 0 Å². The number of likely N-dealkylation sites (tertiary alicyclic amines) is 1. The molecule has 1 saturated heterocycles. The van der Waals surface area contributed by atoms with Crippen LogP contribution in [0.1, 0.15) is 38.7 Å². The van der Waals surface area contributed by atoms with Gasteiger partial charge in [-0.2, -0.15) is 0 Å². The van der Waals surface area contributed by atoms with Gasteiger partial charge in [-0.15, -0.1) is 0 Å². The van der Waals surface area contributed by atoms with Crippen LogP contribution in [0.2, 0.25) is 5.02 Å². The fourth-order valence-corrected chi connectivity index (χ4v) is 4.20. The fourth-order valence-electron chi connectivity index (χ4n) is 4.07. The molecule has 0 atom stereocenters. The number of carbonyl (C=O) groups is 1. The van der Waals surface area contributed by atoms with E-state index in [2.05, 4.69) is 12.1 Å². The zero-order valence-electron chi connectivity index (χ0n) is 19.3. The summed E-state index contributed by atoms with van der Waals surface area (Å²) in [6, 6.07) is 16.2. The molecule has 1 aliphatic rings. The molecule has 6 heteroatoms. The first-order chi connectivity index (χ1) is 15.4. The third-order valence-electron chi connectivity index (χ3n) is 6.44. The molecule has 0 spiro atoms. The van der Waals surface area contributed by atoms with E-state index in [0.717, 1.165) is 58.7 Å². The van der Waals surface area contributed by atoms with E-state index in [1.54, 1.807) is 0 Å². The summed E-state index contributed by atoms with van der Waals surface area (Å²) >= 11 is 6.04. The van der Waals surface area contributed by atoms with Gasteiger partial charge in [-0.1, -0.05) is 48.0 Å². The van der Waals surface area contributed by atoms with Crippen molar-refractivity contribution >= 4 is 17.6 Å². The van der Waals surface area contributed by atoms with Crippen LogP contribution in [0, 0.1) is 5.41 Å². The van der Waals surface area contributed by atoms with Crippen LogP contribution in [0.5, 0.6) is 0 Å². The second-order valence-corrected chi connectivity index (χ2v) is 9.88. The van der Waals surface area contributed by atoms with Gasteiger partial charge in [0.05, 0.1) is 31.7 Å². The molecular formula is C26H36ClN2O3+. The molecule has 0 saturated carbocycles. The zero-order chi connectivity index (χ0) is 23.0. The topological polar surface area (TPSA) is 61.6 Å². The molecule has 0 unspecified atom stereocenters. The van der Waals surface area contributed by atoms with Crippen LogP contribution in [-0.2, 0) is 20.9 Å². The van der Waals surface area contributed by atoms with E-state index >= 15 is 0 Å². The molecule has 2 aromatic carbocycles. The lowest BCUT2D eigenvalue weighted by Crippen LogP contribution is -2.55. The SMILES string of the molecule is CC(C)(CN)C(=O)OC[N+]1(CCOCc2ccccc2-c2ccc(Cl)cc2)CCCCC1. The molecule has 0 radical (unpaired) electrons. The lowest BCUT2D eigenvalue weighted by Gasteiger charge is -2.41. The van der Waals surface area contributed by atoms with Gasteiger partial charge in [0, 0.05) is 11.6 Å². The maximum atomic E-state index is 12.4. The molecule has 1 heterocycles. The number of nitrogens with two attached hydrogens (primary N) is 1. The number of carbonyl (C=O) groups excluding carboxylic acids is 1. The predicted octanol–water partition coefficient (Wildman–Crippen LogP) is 5.01. The van der Waals surface area contributed by atoms with E-state index in [1.807, 2.05) is 50.2 Å². The van der Waals surface area contributed by atoms with Crippen molar-refractivity contribution < 1.29 is 18.8 Å². The molecule has 2 aromatic rings. The number of hydrogen-bond donors (Lipinski definition) is 1. The lowest BCUT2D eigenvalue weighted by atomic mass is 9.94. The number of quaternary nitrogens is 1. The summed E-state index contributed by atoms with van der Waals surface area (Å²) in [5.41, 5.74) is 8.51. The normalized spacial score (nSPS) is 16.0. The minimum Gasteiger partial charge on any atom is -0.415 e. The van der Waals surface area contributed by atoms with Crippen molar-refractivity contribution in [2.75, 3.05) is 39.5 Å². The van der Waals surface area contributed by atoms with Crippen LogP contribution in [0.3, 0.4) is 0 Å². The Hall–Kier alpha value is -1.92. The maximum absolute atomic E-state index is 12.4. The number of hydrogen-bond acceptors (Lipinski definition) is 4. The Balaban J connectivity index is 1.58. The summed E-state index contributed by atoms with van der Waals surface area (Å²) in [6.45, 7) is 8.36. The average molecular weight is 460 g/mol. The summed E-state index contributed by atoms with van der Waals surface area (Å²) < 4.78 is 12.6. The zero-order valence-corrected chi connectivity index (χ0v) is 20.1. The van der Waals surface area contributed by atoms with Crippen LogP contribution >= 0.6 is 11.6 Å². The molecule has 32 heavy (non-hydrogen) atoms. The molecule has 3 rings (SSSR count). The van der Waals surface area contributed by atoms with Crippen LogP contribution in [-0.4, -0.2) is 50.0 Å². The quantitative estimate of drug-likeness (QED) is 0.308. The van der Waals surface area contributed by atoms with E-state index in [0.29, 0.717) is 19.9 Å². The number of piperidine rings is 1. The number of esters is 1. The van der Waals surface area contributed by atoms with Crippen molar-refractivity contribution in [3.8, 4) is 11.1 Å². The highest BCUT2D eigenvalue weighted by Crippen LogP contribution is 2.26. The standard InChI is InChI=1S/C26H36ClN2O3/c1-26(2,19-28)25(30)32-20-29(14-6-3-7-15-29)16-17-31-18-22-8-4-5-9-24(22)21-10-12-23(27)13-11-21/h4-5,8-13H,3,6-7,14-20,28H2,1-2H3/q+1. The molecule has 0 aliphatic carbocycles. The van der Waals surface area contributed by atoms with Crippen molar-refractivity contribution in [3.05, 3.63) is 59.1 Å². The molecule has 2 N–H and O–H groups in total. The first-order valence-corrected chi connectivity index (χ1v) is 11.9. The summed E-state index contributed by atoms with van der Waals surface area (Å²) in [4.78, 5) is 12.4. The minimum absolute atomic E-state index is 0.221. The second kappa shape index (κ2) is 11.3. The maximum Gasteiger partial charge on any atom is 0.317 e. The summed E-state index contributed by atoms with van der Waals surface area (Å²) in [5.74, 6) is -0.221. The van der Waals surface area contributed by atoms with E-state index in [1.165, 1.54) is 6.42 Å². The van der Waals surface area contributed by atoms with Gasteiger partial charge in [0.1, 0.15) is 6.54 Å². The molecular weight excluding hydrogens is 424 g/mol. The Morgan fingerprint density at radius 1 is 1.06 bits per heavy atom. The van der Waals surface area contributed by atoms with Crippen molar-refractivity contribution in [1.82, 2.24) is 0 Å². The summed E-state index contributed by atoms with van der Waals surface area (Å²) in [5, 5.41) is 0.730. The van der Waals surface area contributed by atoms with Crippen molar-refractivity contribution in [3.63, 3.8) is 0 Å². The number of halogens is 1. The van der Waals surface area contributed by atoms with Gasteiger partial charge >= 0.3 is 5.97 Å². The van der Waals surface area contributed by atoms with Crippen molar-refractivity contribution in [2.45, 2.75) is 39.7 Å². The third kappa shape index (κ3) is 6.55. The van der Waals surface area contributed by atoms with Gasteiger partial charge in [0.25, 0.3) is 0 Å². The monoisotopic (exact) mass is 459 g/mol. The Morgan fingerprint density at radius 2 is 1.75 bits per heavy atom. The average Bonchev–Trinajstić information content (AvgIpc) is 2.82. The first kappa shape index (κ1) is 24.7. The molecule has 0 aromatic heterocycles. The Labute approximate surface area is 197 Å². The van der Waals surface area contributed by atoms with E-state index in [-0.39, 0.29) is 12.5 Å². The smallest absolute Gasteiger partial charge is 0.317 e. The van der Waals surface area contributed by atoms with Gasteiger partial charge in [-0.05, 0) is 61.9 Å². The minimum atomic E-state index is -0.651. The first-order valence-electron chi connectivity index (χ1n) is 11.5. The van der Waals surface area contributed by atoms with Crippen LogP contribution in [0.4, 0.5) is 0 Å².